The zero-order valence-electron chi connectivity index (χ0n) is 19.2. The molecule has 7 aromatic rings. The summed E-state index contributed by atoms with van der Waals surface area (Å²) in [6, 6.07) is 25.1. The predicted octanol–water partition coefficient (Wildman–Crippen LogP) is 5.93. The zero-order chi connectivity index (χ0) is 24.5. The first-order valence-electron chi connectivity index (χ1n) is 11.8. The lowest BCUT2D eigenvalue weighted by Crippen LogP contribution is -2.22. The highest BCUT2D eigenvalue weighted by molar-refractivity contribution is 5.88. The van der Waals surface area contributed by atoms with Gasteiger partial charge in [0.05, 0.1) is 28.7 Å². The largest absolute Gasteiger partial charge is 0.468 e. The van der Waals surface area contributed by atoms with Crippen LogP contribution in [0.25, 0.3) is 38.8 Å². The molecule has 0 saturated heterocycles. The molecule has 1 aliphatic heterocycles. The van der Waals surface area contributed by atoms with Crippen LogP contribution in [-0.2, 0) is 0 Å². The number of hydrogen-bond acceptors (Lipinski definition) is 7. The number of ether oxygens (including phenoxy) is 1. The molecule has 37 heavy (non-hydrogen) atoms. The van der Waals surface area contributed by atoms with E-state index in [1.807, 2.05) is 48.5 Å². The molecule has 8 heteroatoms. The Kier molecular flexibility index (Phi) is 3.99. The van der Waals surface area contributed by atoms with E-state index in [1.54, 1.807) is 29.2 Å². The van der Waals surface area contributed by atoms with Gasteiger partial charge >= 0.3 is 5.63 Å². The van der Waals surface area contributed by atoms with Gasteiger partial charge in [-0.15, -0.1) is 5.10 Å². The van der Waals surface area contributed by atoms with E-state index in [9.17, 15) is 4.79 Å². The van der Waals surface area contributed by atoms with Gasteiger partial charge in [-0.25, -0.2) is 19.3 Å². The normalized spacial score (nSPS) is 14.5. The fourth-order valence-electron chi connectivity index (χ4n) is 5.12. The Morgan fingerprint density at radius 3 is 2.62 bits per heavy atom. The lowest BCUT2D eigenvalue weighted by atomic mass is 9.88. The van der Waals surface area contributed by atoms with Crippen molar-refractivity contribution in [2.24, 2.45) is 0 Å². The van der Waals surface area contributed by atoms with Crippen LogP contribution >= 0.6 is 0 Å². The number of fused-ring (bicyclic) bond motifs is 7. The molecule has 0 saturated carbocycles. The minimum absolute atomic E-state index is 0.339. The summed E-state index contributed by atoms with van der Waals surface area (Å²) < 4.78 is 19.4. The lowest BCUT2D eigenvalue weighted by Gasteiger charge is -2.25. The van der Waals surface area contributed by atoms with E-state index < -0.39 is 11.5 Å². The van der Waals surface area contributed by atoms with Crippen LogP contribution in [0.4, 0.5) is 0 Å². The molecule has 5 heterocycles. The van der Waals surface area contributed by atoms with Crippen molar-refractivity contribution in [3.8, 4) is 23.0 Å². The molecule has 4 aromatic heterocycles. The summed E-state index contributed by atoms with van der Waals surface area (Å²) >= 11 is 0. The van der Waals surface area contributed by atoms with Gasteiger partial charge in [-0.3, -0.25) is 0 Å². The van der Waals surface area contributed by atoms with Gasteiger partial charge in [0.1, 0.15) is 17.7 Å². The topological polar surface area (TPSA) is 95.7 Å². The molecule has 0 aliphatic carbocycles. The number of rotatable bonds is 2. The van der Waals surface area contributed by atoms with Crippen LogP contribution in [0.1, 0.15) is 22.8 Å². The Morgan fingerprint density at radius 1 is 0.865 bits per heavy atom. The molecule has 3 aromatic carbocycles. The molecule has 1 atom stereocenters. The summed E-state index contributed by atoms with van der Waals surface area (Å²) in [6.07, 6.45) is 3.15. The number of hydrogen-bond donors (Lipinski definition) is 0. The molecule has 176 valence electrons. The molecule has 0 bridgehead atoms. The van der Waals surface area contributed by atoms with E-state index in [0.717, 1.165) is 16.3 Å². The van der Waals surface area contributed by atoms with E-state index in [0.29, 0.717) is 51.0 Å². The predicted molar refractivity (Wildman–Crippen MR) is 136 cm³/mol. The molecule has 0 N–H and O–H groups in total. The molecule has 0 amide bonds. The minimum atomic E-state index is -0.639. The van der Waals surface area contributed by atoms with Gasteiger partial charge in [-0.05, 0) is 41.1 Å². The van der Waals surface area contributed by atoms with Crippen LogP contribution in [0.5, 0.6) is 11.6 Å². The number of furan rings is 1. The van der Waals surface area contributed by atoms with Gasteiger partial charge in [0.15, 0.2) is 17.2 Å². The van der Waals surface area contributed by atoms with Gasteiger partial charge in [-0.2, -0.15) is 0 Å². The van der Waals surface area contributed by atoms with Crippen molar-refractivity contribution in [2.45, 2.75) is 5.92 Å². The van der Waals surface area contributed by atoms with Crippen molar-refractivity contribution in [3.05, 3.63) is 119 Å². The third-order valence-corrected chi connectivity index (χ3v) is 6.80. The summed E-state index contributed by atoms with van der Waals surface area (Å²) in [6.45, 7) is 0. The summed E-state index contributed by atoms with van der Waals surface area (Å²) in [5, 5.41) is 7.60. The van der Waals surface area contributed by atoms with Crippen LogP contribution in [0.2, 0.25) is 0 Å². The van der Waals surface area contributed by atoms with Crippen LogP contribution in [0.3, 0.4) is 0 Å². The fraction of sp³-hybridized carbons (Fsp3) is 0.0345. The minimum Gasteiger partial charge on any atom is -0.468 e. The SMILES string of the molecule is O=c1oc2ccccc2c2c1C(c1ccco1)c1c(ncn3nc(-c4ccc5ccccc5c4)nc13)O2. The second kappa shape index (κ2) is 7.38. The maximum atomic E-state index is 13.3. The quantitative estimate of drug-likeness (QED) is 0.281. The Hall–Kier alpha value is -5.24. The van der Waals surface area contributed by atoms with Crippen LogP contribution in [0.15, 0.2) is 105 Å². The van der Waals surface area contributed by atoms with Crippen molar-refractivity contribution in [2.75, 3.05) is 0 Å². The van der Waals surface area contributed by atoms with Gasteiger partial charge in [0.2, 0.25) is 5.88 Å². The second-order valence-electron chi connectivity index (χ2n) is 8.91. The van der Waals surface area contributed by atoms with Gasteiger partial charge in [0.25, 0.3) is 0 Å². The van der Waals surface area contributed by atoms with E-state index in [-0.39, 0.29) is 0 Å². The van der Waals surface area contributed by atoms with Gasteiger partial charge in [-0.1, -0.05) is 48.5 Å². The highest BCUT2D eigenvalue weighted by Gasteiger charge is 2.39. The summed E-state index contributed by atoms with van der Waals surface area (Å²) in [5.74, 6) is 1.20. The smallest absolute Gasteiger partial charge is 0.344 e. The molecule has 1 aliphatic rings. The zero-order valence-corrected chi connectivity index (χ0v) is 19.2. The molecule has 0 fully saturated rings. The number of nitrogens with zero attached hydrogens (tertiary/aromatic N) is 4. The van der Waals surface area contributed by atoms with E-state index >= 15 is 0 Å². The van der Waals surface area contributed by atoms with Crippen LogP contribution in [-0.4, -0.2) is 19.6 Å². The highest BCUT2D eigenvalue weighted by atomic mass is 16.5. The third kappa shape index (κ3) is 2.89. The first-order valence-corrected chi connectivity index (χ1v) is 11.8. The first-order chi connectivity index (χ1) is 18.2. The molecular weight excluding hydrogens is 468 g/mol. The van der Waals surface area contributed by atoms with Crippen molar-refractivity contribution < 1.29 is 13.6 Å². The number of para-hydroxylation sites is 1. The van der Waals surface area contributed by atoms with Crippen molar-refractivity contribution >= 4 is 27.4 Å². The second-order valence-corrected chi connectivity index (χ2v) is 8.91. The number of aromatic nitrogens is 4. The number of benzene rings is 3. The Bertz CT molecular complexity index is 2060. The average Bonchev–Trinajstić information content (AvgIpc) is 3.62. The van der Waals surface area contributed by atoms with Crippen molar-refractivity contribution in [1.29, 1.82) is 0 Å². The van der Waals surface area contributed by atoms with Crippen LogP contribution in [0, 0.1) is 0 Å². The average molecular weight is 484 g/mol. The molecule has 0 spiro atoms. The van der Waals surface area contributed by atoms with Crippen LogP contribution < -0.4 is 10.4 Å². The fourth-order valence-corrected chi connectivity index (χ4v) is 5.12. The van der Waals surface area contributed by atoms with E-state index in [1.165, 1.54) is 0 Å². The Labute approximate surface area is 208 Å². The maximum Gasteiger partial charge on any atom is 0.344 e. The van der Waals surface area contributed by atoms with Gasteiger partial charge < -0.3 is 13.6 Å². The molecular formula is C29H16N4O4. The van der Waals surface area contributed by atoms with Crippen molar-refractivity contribution in [1.82, 2.24) is 19.6 Å². The standard InChI is InChI=1S/C29H16N4O4/c34-29-23-22(21-10-5-13-35-21)24-27-31-26(18-12-11-16-6-1-2-7-17(16)14-18)32-33(27)15-30-28(24)37-25(23)19-8-3-4-9-20(19)36-29/h1-15,22H. The maximum absolute atomic E-state index is 13.3. The molecule has 8 rings (SSSR count). The third-order valence-electron chi connectivity index (χ3n) is 6.80. The Morgan fingerprint density at radius 2 is 1.73 bits per heavy atom. The summed E-state index contributed by atoms with van der Waals surface area (Å²) in [4.78, 5) is 22.8. The summed E-state index contributed by atoms with van der Waals surface area (Å²) in [5.41, 5.74) is 2.26. The first kappa shape index (κ1) is 20.0. The van der Waals surface area contributed by atoms with E-state index in [2.05, 4.69) is 23.2 Å². The molecule has 0 radical (unpaired) electrons. The monoisotopic (exact) mass is 484 g/mol. The highest BCUT2D eigenvalue weighted by Crippen LogP contribution is 2.48. The van der Waals surface area contributed by atoms with Crippen molar-refractivity contribution in [3.63, 3.8) is 0 Å². The summed E-state index contributed by atoms with van der Waals surface area (Å²) in [7, 11) is 0. The lowest BCUT2D eigenvalue weighted by molar-refractivity contribution is 0.406. The molecule has 8 nitrogen and oxygen atoms in total. The molecule has 1 unspecified atom stereocenters. The van der Waals surface area contributed by atoms with E-state index in [4.69, 9.17) is 23.7 Å². The van der Waals surface area contributed by atoms with Gasteiger partial charge in [0, 0.05) is 5.56 Å². The Balaban J connectivity index is 1.40.